The molecule has 1 aliphatic rings. The maximum atomic E-state index is 12.8. The highest BCUT2D eigenvalue weighted by Crippen LogP contribution is 2.26. The molecule has 7 nitrogen and oxygen atoms in total. The van der Waals surface area contributed by atoms with Gasteiger partial charge in [-0.15, -0.1) is 5.10 Å². The highest BCUT2D eigenvalue weighted by Gasteiger charge is 2.30. The van der Waals surface area contributed by atoms with E-state index in [2.05, 4.69) is 14.9 Å². The Labute approximate surface area is 151 Å². The van der Waals surface area contributed by atoms with Gasteiger partial charge in [-0.3, -0.25) is 4.79 Å². The Morgan fingerprint density at radius 1 is 1.28 bits per heavy atom. The van der Waals surface area contributed by atoms with Gasteiger partial charge in [-0.25, -0.2) is 8.42 Å². The standard InChI is InChI=1S/C16H20N4O3S2/c1-11-5-3-4-10-20(11)25(22,23)14-8-6-13(7-9-14)17-16(21)15-12(2)18-19-24-15/h6-9,11H,3-5,10H2,1-2H3,(H,17,21)/t11-/m1/s1. The Balaban J connectivity index is 1.76. The third kappa shape index (κ3) is 3.73. The molecule has 0 bridgehead atoms. The lowest BCUT2D eigenvalue weighted by molar-refractivity contribution is 0.103. The predicted molar refractivity (Wildman–Crippen MR) is 96.2 cm³/mol. The zero-order valence-electron chi connectivity index (χ0n) is 14.1. The average molecular weight is 380 g/mol. The van der Waals surface area contributed by atoms with Crippen molar-refractivity contribution in [3.05, 3.63) is 34.8 Å². The van der Waals surface area contributed by atoms with Gasteiger partial charge < -0.3 is 5.32 Å². The number of carbonyl (C=O) groups is 1. The van der Waals surface area contributed by atoms with E-state index in [4.69, 9.17) is 0 Å². The number of rotatable bonds is 4. The van der Waals surface area contributed by atoms with Crippen molar-refractivity contribution in [3.63, 3.8) is 0 Å². The van der Waals surface area contributed by atoms with Crippen molar-refractivity contribution >= 4 is 33.2 Å². The Hall–Kier alpha value is -1.84. The summed E-state index contributed by atoms with van der Waals surface area (Å²) in [7, 11) is -3.50. The Kier molecular flexibility index (Phi) is 5.16. The molecule has 1 aliphatic heterocycles. The van der Waals surface area contributed by atoms with E-state index in [0.29, 0.717) is 22.8 Å². The molecule has 9 heteroatoms. The molecule has 0 aliphatic carbocycles. The number of sulfonamides is 1. The molecule has 1 N–H and O–H groups in total. The predicted octanol–water partition coefficient (Wildman–Crippen LogP) is 2.66. The summed E-state index contributed by atoms with van der Waals surface area (Å²) in [5, 5.41) is 6.54. The van der Waals surface area contributed by atoms with Gasteiger partial charge in [0.2, 0.25) is 10.0 Å². The van der Waals surface area contributed by atoms with E-state index >= 15 is 0 Å². The van der Waals surface area contributed by atoms with Crippen molar-refractivity contribution in [2.45, 2.75) is 44.0 Å². The molecule has 0 saturated carbocycles. The fraction of sp³-hybridized carbons (Fsp3) is 0.438. The number of nitrogens with zero attached hydrogens (tertiary/aromatic N) is 3. The fourth-order valence-electron chi connectivity index (χ4n) is 2.90. The summed E-state index contributed by atoms with van der Waals surface area (Å²) in [6.45, 7) is 4.21. The van der Waals surface area contributed by atoms with E-state index in [1.807, 2.05) is 6.92 Å². The van der Waals surface area contributed by atoms with E-state index in [1.54, 1.807) is 23.4 Å². The van der Waals surface area contributed by atoms with Crippen LogP contribution in [0.4, 0.5) is 5.69 Å². The molecule has 0 spiro atoms. The SMILES string of the molecule is Cc1nnsc1C(=O)Nc1ccc(S(=O)(=O)N2CCCC[C@H]2C)cc1. The Morgan fingerprint density at radius 2 is 2.00 bits per heavy atom. The minimum atomic E-state index is -3.50. The minimum Gasteiger partial charge on any atom is -0.321 e. The van der Waals surface area contributed by atoms with Gasteiger partial charge in [0.15, 0.2) is 0 Å². The lowest BCUT2D eigenvalue weighted by Crippen LogP contribution is -2.41. The molecule has 3 rings (SSSR count). The second-order valence-electron chi connectivity index (χ2n) is 6.13. The third-order valence-corrected chi connectivity index (χ3v) is 7.17. The van der Waals surface area contributed by atoms with Gasteiger partial charge in [0.05, 0.1) is 10.6 Å². The molecule has 1 aromatic carbocycles. The molecule has 2 heterocycles. The van der Waals surface area contributed by atoms with Crippen molar-refractivity contribution in [2.75, 3.05) is 11.9 Å². The molecule has 2 aromatic rings. The van der Waals surface area contributed by atoms with Crippen LogP contribution in [0.3, 0.4) is 0 Å². The summed E-state index contributed by atoms with van der Waals surface area (Å²) >= 11 is 1.03. The number of hydrogen-bond acceptors (Lipinski definition) is 6. The monoisotopic (exact) mass is 380 g/mol. The van der Waals surface area contributed by atoms with Crippen molar-refractivity contribution < 1.29 is 13.2 Å². The first-order valence-corrected chi connectivity index (χ1v) is 10.3. The van der Waals surface area contributed by atoms with E-state index in [1.165, 1.54) is 12.1 Å². The number of aromatic nitrogens is 2. The van der Waals surface area contributed by atoms with Crippen LogP contribution >= 0.6 is 11.5 Å². The van der Waals surface area contributed by atoms with Crippen LogP contribution in [0.15, 0.2) is 29.2 Å². The van der Waals surface area contributed by atoms with Crippen LogP contribution in [0.5, 0.6) is 0 Å². The summed E-state index contributed by atoms with van der Waals surface area (Å²) < 4.78 is 30.9. The van der Waals surface area contributed by atoms with Crippen LogP contribution in [-0.4, -0.2) is 40.8 Å². The molecule has 1 saturated heterocycles. The number of carbonyl (C=O) groups excluding carboxylic acids is 1. The van der Waals surface area contributed by atoms with E-state index < -0.39 is 10.0 Å². The third-order valence-electron chi connectivity index (χ3n) is 4.32. The molecule has 1 fully saturated rings. The number of hydrogen-bond donors (Lipinski definition) is 1. The van der Waals surface area contributed by atoms with Crippen molar-refractivity contribution in [3.8, 4) is 0 Å². The van der Waals surface area contributed by atoms with Crippen LogP contribution in [-0.2, 0) is 10.0 Å². The first-order chi connectivity index (χ1) is 11.9. The van der Waals surface area contributed by atoms with Crippen LogP contribution in [0.2, 0.25) is 0 Å². The summed E-state index contributed by atoms with van der Waals surface area (Å²) in [5.41, 5.74) is 1.10. The molecule has 1 atom stereocenters. The Morgan fingerprint density at radius 3 is 2.60 bits per heavy atom. The molecule has 0 radical (unpaired) electrons. The number of nitrogens with one attached hydrogen (secondary N) is 1. The van der Waals surface area contributed by atoms with E-state index in [-0.39, 0.29) is 16.8 Å². The number of benzene rings is 1. The van der Waals surface area contributed by atoms with Crippen LogP contribution in [0.25, 0.3) is 0 Å². The topological polar surface area (TPSA) is 92.3 Å². The summed E-state index contributed by atoms with van der Waals surface area (Å²) in [6.07, 6.45) is 2.83. The number of aryl methyl sites for hydroxylation is 1. The van der Waals surface area contributed by atoms with Gasteiger partial charge in [0.25, 0.3) is 5.91 Å². The number of piperidine rings is 1. The number of anilines is 1. The van der Waals surface area contributed by atoms with Gasteiger partial charge in [0, 0.05) is 18.3 Å². The first-order valence-electron chi connectivity index (χ1n) is 8.12. The zero-order valence-corrected chi connectivity index (χ0v) is 15.7. The van der Waals surface area contributed by atoms with Crippen LogP contribution in [0, 0.1) is 6.92 Å². The second-order valence-corrected chi connectivity index (χ2v) is 8.77. The van der Waals surface area contributed by atoms with E-state index in [9.17, 15) is 13.2 Å². The maximum absolute atomic E-state index is 12.8. The molecular formula is C16H20N4O3S2. The maximum Gasteiger partial charge on any atom is 0.269 e. The molecule has 134 valence electrons. The lowest BCUT2D eigenvalue weighted by Gasteiger charge is -2.32. The van der Waals surface area contributed by atoms with Crippen molar-refractivity contribution in [1.82, 2.24) is 13.9 Å². The Bertz CT molecular complexity index is 862. The molecule has 1 aromatic heterocycles. The van der Waals surface area contributed by atoms with Gasteiger partial charge in [-0.05, 0) is 62.5 Å². The van der Waals surface area contributed by atoms with E-state index in [0.717, 1.165) is 30.8 Å². The molecule has 1 amide bonds. The quantitative estimate of drug-likeness (QED) is 0.880. The summed E-state index contributed by atoms with van der Waals surface area (Å²) in [4.78, 5) is 12.8. The zero-order chi connectivity index (χ0) is 18.0. The minimum absolute atomic E-state index is 0.0138. The van der Waals surface area contributed by atoms with Crippen LogP contribution < -0.4 is 5.32 Å². The fourth-order valence-corrected chi connectivity index (χ4v) is 5.15. The van der Waals surface area contributed by atoms with Crippen LogP contribution in [0.1, 0.15) is 41.6 Å². The smallest absolute Gasteiger partial charge is 0.269 e. The van der Waals surface area contributed by atoms with Gasteiger partial charge in [-0.2, -0.15) is 4.31 Å². The lowest BCUT2D eigenvalue weighted by atomic mass is 10.1. The molecule has 25 heavy (non-hydrogen) atoms. The van der Waals surface area contributed by atoms with Crippen molar-refractivity contribution in [2.24, 2.45) is 0 Å². The average Bonchev–Trinajstić information content (AvgIpc) is 3.02. The summed E-state index contributed by atoms with van der Waals surface area (Å²) in [5.74, 6) is -0.298. The second kappa shape index (κ2) is 7.19. The normalized spacial score (nSPS) is 18.9. The number of amides is 1. The summed E-state index contributed by atoms with van der Waals surface area (Å²) in [6, 6.07) is 6.28. The van der Waals surface area contributed by atoms with Gasteiger partial charge in [0.1, 0.15) is 4.88 Å². The van der Waals surface area contributed by atoms with Crippen molar-refractivity contribution in [1.29, 1.82) is 0 Å². The first kappa shape index (κ1) is 18.0. The molecular weight excluding hydrogens is 360 g/mol. The molecule has 0 unspecified atom stereocenters. The van der Waals surface area contributed by atoms with Gasteiger partial charge in [-0.1, -0.05) is 10.9 Å². The highest BCUT2D eigenvalue weighted by molar-refractivity contribution is 7.89. The van der Waals surface area contributed by atoms with Gasteiger partial charge >= 0.3 is 0 Å². The highest BCUT2D eigenvalue weighted by atomic mass is 32.2. The largest absolute Gasteiger partial charge is 0.321 e.